The highest BCUT2D eigenvalue weighted by molar-refractivity contribution is 5.96. The van der Waals surface area contributed by atoms with Crippen LogP contribution in [0.1, 0.15) is 42.3 Å². The van der Waals surface area contributed by atoms with Crippen molar-refractivity contribution >= 4 is 5.91 Å². The first-order valence-corrected chi connectivity index (χ1v) is 8.49. The smallest absolute Gasteiger partial charge is 0.252 e. The van der Waals surface area contributed by atoms with Crippen LogP contribution in [0.15, 0.2) is 54.6 Å². The normalized spacial score (nSPS) is 12.0. The van der Waals surface area contributed by atoms with Crippen molar-refractivity contribution < 1.29 is 15.0 Å². The van der Waals surface area contributed by atoms with Gasteiger partial charge in [0.25, 0.3) is 5.91 Å². The summed E-state index contributed by atoms with van der Waals surface area (Å²) in [5.41, 5.74) is 1.14. The van der Waals surface area contributed by atoms with Crippen LogP contribution in [-0.2, 0) is 11.8 Å². The van der Waals surface area contributed by atoms with Crippen molar-refractivity contribution in [1.29, 1.82) is 0 Å². The second-order valence-corrected chi connectivity index (χ2v) is 7.51. The average Bonchev–Trinajstić information content (AvgIpc) is 2.61. The molecule has 0 radical (unpaired) electrons. The van der Waals surface area contributed by atoms with Crippen LogP contribution in [-0.4, -0.2) is 34.9 Å². The van der Waals surface area contributed by atoms with Gasteiger partial charge in [-0.3, -0.25) is 4.79 Å². The van der Waals surface area contributed by atoms with Crippen molar-refractivity contribution in [3.05, 3.63) is 71.3 Å². The third-order valence-electron chi connectivity index (χ3n) is 4.35. The summed E-state index contributed by atoms with van der Waals surface area (Å²) in [6, 6.07) is 17.0. The summed E-state index contributed by atoms with van der Waals surface area (Å²) < 4.78 is 0. The monoisotopic (exact) mass is 341 g/mol. The van der Waals surface area contributed by atoms with E-state index in [0.717, 1.165) is 11.1 Å². The number of aliphatic hydroxyl groups excluding tert-OH is 2. The van der Waals surface area contributed by atoms with Gasteiger partial charge in [-0.15, -0.1) is 0 Å². The maximum Gasteiger partial charge on any atom is 0.252 e. The van der Waals surface area contributed by atoms with E-state index in [0.29, 0.717) is 12.0 Å². The number of aliphatic hydroxyl groups is 2. The largest absolute Gasteiger partial charge is 0.394 e. The Morgan fingerprint density at radius 3 is 2.04 bits per heavy atom. The van der Waals surface area contributed by atoms with Crippen LogP contribution in [0.4, 0.5) is 0 Å². The van der Waals surface area contributed by atoms with Crippen LogP contribution in [0, 0.1) is 0 Å². The van der Waals surface area contributed by atoms with Crippen molar-refractivity contribution in [3.63, 3.8) is 0 Å². The van der Waals surface area contributed by atoms with Gasteiger partial charge >= 0.3 is 0 Å². The molecule has 4 nitrogen and oxygen atoms in total. The van der Waals surface area contributed by atoms with E-state index in [1.165, 1.54) is 0 Å². The van der Waals surface area contributed by atoms with Gasteiger partial charge in [0.1, 0.15) is 0 Å². The number of benzene rings is 2. The number of hydrogen-bond donors (Lipinski definition) is 3. The lowest BCUT2D eigenvalue weighted by Crippen LogP contribution is -2.56. The number of hydrogen-bond acceptors (Lipinski definition) is 3. The van der Waals surface area contributed by atoms with Crippen LogP contribution in [0.2, 0.25) is 0 Å². The Labute approximate surface area is 149 Å². The fourth-order valence-corrected chi connectivity index (χ4v) is 2.91. The Kier molecular flexibility index (Phi) is 5.98. The predicted octanol–water partition coefficient (Wildman–Crippen LogP) is 2.68. The number of carbonyl (C=O) groups is 1. The zero-order valence-electron chi connectivity index (χ0n) is 15.1. The summed E-state index contributed by atoms with van der Waals surface area (Å²) in [5, 5.41) is 22.6. The first-order valence-electron chi connectivity index (χ1n) is 8.49. The van der Waals surface area contributed by atoms with E-state index >= 15 is 0 Å². The minimum absolute atomic E-state index is 0.186. The summed E-state index contributed by atoms with van der Waals surface area (Å²) >= 11 is 0. The second kappa shape index (κ2) is 7.81. The molecule has 25 heavy (non-hydrogen) atoms. The fourth-order valence-electron chi connectivity index (χ4n) is 2.91. The van der Waals surface area contributed by atoms with Crippen LogP contribution in [0.25, 0.3) is 0 Å². The quantitative estimate of drug-likeness (QED) is 0.757. The number of carbonyl (C=O) groups excluding carboxylic acids is 1. The van der Waals surface area contributed by atoms with Crippen molar-refractivity contribution in [2.45, 2.75) is 38.1 Å². The molecule has 0 aliphatic rings. The van der Waals surface area contributed by atoms with Crippen molar-refractivity contribution in [2.24, 2.45) is 0 Å². The summed E-state index contributed by atoms with van der Waals surface area (Å²) in [6.45, 7) is 5.46. The molecule has 0 saturated carbocycles. The van der Waals surface area contributed by atoms with E-state index in [9.17, 15) is 15.0 Å². The fraction of sp³-hybridized carbons (Fsp3) is 0.381. The van der Waals surface area contributed by atoms with Crippen LogP contribution >= 0.6 is 0 Å². The van der Waals surface area contributed by atoms with Crippen molar-refractivity contribution in [3.8, 4) is 0 Å². The molecule has 0 heterocycles. The number of rotatable bonds is 6. The van der Waals surface area contributed by atoms with Gasteiger partial charge in [-0.2, -0.15) is 0 Å². The molecule has 0 atom stereocenters. The van der Waals surface area contributed by atoms with Crippen molar-refractivity contribution in [1.82, 2.24) is 5.32 Å². The van der Waals surface area contributed by atoms with E-state index in [-0.39, 0.29) is 24.5 Å². The van der Waals surface area contributed by atoms with Crippen LogP contribution in [0.5, 0.6) is 0 Å². The van der Waals surface area contributed by atoms with E-state index < -0.39 is 5.54 Å². The summed E-state index contributed by atoms with van der Waals surface area (Å²) in [6.07, 6.45) is 0.351. The van der Waals surface area contributed by atoms with E-state index in [2.05, 4.69) is 26.1 Å². The molecule has 2 aromatic carbocycles. The molecule has 0 fully saturated rings. The average molecular weight is 341 g/mol. The number of amides is 1. The minimum Gasteiger partial charge on any atom is -0.394 e. The Hall–Kier alpha value is -2.17. The third kappa shape index (κ3) is 4.68. The third-order valence-corrected chi connectivity index (χ3v) is 4.35. The Bertz CT molecular complexity index is 701. The maximum atomic E-state index is 12.9. The maximum absolute atomic E-state index is 12.9. The highest BCUT2D eigenvalue weighted by atomic mass is 16.3. The lowest BCUT2D eigenvalue weighted by atomic mass is 9.83. The molecular formula is C21H27NO3. The Morgan fingerprint density at radius 1 is 0.920 bits per heavy atom. The highest BCUT2D eigenvalue weighted by Crippen LogP contribution is 2.26. The van der Waals surface area contributed by atoms with Crippen LogP contribution < -0.4 is 5.32 Å². The molecule has 2 rings (SSSR count). The first-order chi connectivity index (χ1) is 11.8. The molecule has 0 aliphatic carbocycles. The molecule has 0 saturated heterocycles. The summed E-state index contributed by atoms with van der Waals surface area (Å²) in [4.78, 5) is 12.9. The molecule has 0 bridgehead atoms. The molecule has 0 spiro atoms. The van der Waals surface area contributed by atoms with E-state index in [1.54, 1.807) is 6.07 Å². The van der Waals surface area contributed by atoms with Gasteiger partial charge in [-0.1, -0.05) is 69.3 Å². The summed E-state index contributed by atoms with van der Waals surface area (Å²) in [5.74, 6) is -0.287. The second-order valence-electron chi connectivity index (χ2n) is 7.51. The first kappa shape index (κ1) is 19.2. The van der Waals surface area contributed by atoms with E-state index in [1.807, 2.05) is 48.5 Å². The molecule has 1 amide bonds. The Morgan fingerprint density at radius 2 is 1.48 bits per heavy atom. The van der Waals surface area contributed by atoms with Gasteiger partial charge in [0, 0.05) is 12.0 Å². The molecule has 0 aliphatic heterocycles. The molecule has 3 N–H and O–H groups in total. The van der Waals surface area contributed by atoms with Gasteiger partial charge in [0.15, 0.2) is 0 Å². The molecule has 0 unspecified atom stereocenters. The molecule has 0 aromatic heterocycles. The van der Waals surface area contributed by atoms with Gasteiger partial charge in [0.05, 0.1) is 18.8 Å². The zero-order valence-corrected chi connectivity index (χ0v) is 15.1. The topological polar surface area (TPSA) is 69.6 Å². The van der Waals surface area contributed by atoms with Gasteiger partial charge in [-0.05, 0) is 22.6 Å². The molecular weight excluding hydrogens is 314 g/mol. The Balaban J connectivity index is 2.30. The zero-order chi connectivity index (χ0) is 18.5. The van der Waals surface area contributed by atoms with Gasteiger partial charge in [0.2, 0.25) is 0 Å². The number of nitrogens with one attached hydrogen (secondary N) is 1. The van der Waals surface area contributed by atoms with Gasteiger partial charge in [-0.25, -0.2) is 0 Å². The van der Waals surface area contributed by atoms with Crippen LogP contribution in [0.3, 0.4) is 0 Å². The SMILES string of the molecule is CC(C)(C)c1ccccc1C(=O)NC(CO)(CO)Cc1ccccc1. The minimum atomic E-state index is -1.11. The van der Waals surface area contributed by atoms with Gasteiger partial charge < -0.3 is 15.5 Å². The van der Waals surface area contributed by atoms with Crippen molar-refractivity contribution in [2.75, 3.05) is 13.2 Å². The standard InChI is InChI=1S/C21H27NO3/c1-20(2,3)18-12-8-7-11-17(18)19(25)22-21(14-23,15-24)13-16-9-5-4-6-10-16/h4-12,23-24H,13-15H2,1-3H3,(H,22,25). The molecule has 4 heteroatoms. The van der Waals surface area contributed by atoms with E-state index in [4.69, 9.17) is 0 Å². The predicted molar refractivity (Wildman–Crippen MR) is 99.7 cm³/mol. The molecule has 134 valence electrons. The highest BCUT2D eigenvalue weighted by Gasteiger charge is 2.32. The lowest BCUT2D eigenvalue weighted by molar-refractivity contribution is 0.0665. The molecule has 2 aromatic rings. The summed E-state index contributed by atoms with van der Waals surface area (Å²) in [7, 11) is 0. The lowest BCUT2D eigenvalue weighted by Gasteiger charge is -2.32.